The molecular formula is C15H32OS. The molecule has 1 unspecified atom stereocenters. The molecule has 1 atom stereocenters. The molecule has 0 saturated heterocycles. The minimum Gasteiger partial charge on any atom is -0.392 e. The third-order valence-corrected chi connectivity index (χ3v) is 4.26. The van der Waals surface area contributed by atoms with Crippen LogP contribution in [-0.4, -0.2) is 22.2 Å². The van der Waals surface area contributed by atoms with E-state index in [0.717, 1.165) is 12.2 Å². The number of hydrogen-bond donors (Lipinski definition) is 1. The van der Waals surface area contributed by atoms with Crippen LogP contribution in [-0.2, 0) is 0 Å². The molecule has 0 spiro atoms. The molecule has 0 aliphatic rings. The van der Waals surface area contributed by atoms with Gasteiger partial charge < -0.3 is 5.11 Å². The largest absolute Gasteiger partial charge is 0.392 e. The molecule has 0 bridgehead atoms. The van der Waals surface area contributed by atoms with Gasteiger partial charge in [-0.05, 0) is 11.7 Å². The molecule has 0 saturated carbocycles. The van der Waals surface area contributed by atoms with Gasteiger partial charge in [0, 0.05) is 5.75 Å². The van der Waals surface area contributed by atoms with Crippen molar-refractivity contribution in [3.63, 3.8) is 0 Å². The van der Waals surface area contributed by atoms with Gasteiger partial charge in [0.1, 0.15) is 0 Å². The molecule has 0 radical (unpaired) electrons. The number of aliphatic hydroxyl groups is 1. The third-order valence-electron chi connectivity index (χ3n) is 3.01. The van der Waals surface area contributed by atoms with E-state index < -0.39 is 0 Å². The zero-order chi connectivity index (χ0) is 12.9. The highest BCUT2D eigenvalue weighted by molar-refractivity contribution is 7.99. The Morgan fingerprint density at radius 1 is 0.882 bits per heavy atom. The van der Waals surface area contributed by atoms with Crippen molar-refractivity contribution >= 4 is 11.8 Å². The van der Waals surface area contributed by atoms with Crippen molar-refractivity contribution < 1.29 is 5.11 Å². The Morgan fingerprint density at radius 3 is 1.94 bits per heavy atom. The smallest absolute Gasteiger partial charge is 0.0630 e. The van der Waals surface area contributed by atoms with Gasteiger partial charge in [0.05, 0.1) is 6.10 Å². The Morgan fingerprint density at radius 2 is 1.41 bits per heavy atom. The number of aliphatic hydroxyl groups excluding tert-OH is 1. The van der Waals surface area contributed by atoms with E-state index >= 15 is 0 Å². The summed E-state index contributed by atoms with van der Waals surface area (Å²) in [6.45, 7) is 6.64. The zero-order valence-corrected chi connectivity index (χ0v) is 12.9. The molecular weight excluding hydrogens is 228 g/mol. The highest BCUT2D eigenvalue weighted by Gasteiger charge is 2.05. The van der Waals surface area contributed by atoms with Crippen LogP contribution in [0.3, 0.4) is 0 Å². The summed E-state index contributed by atoms with van der Waals surface area (Å²) in [5, 5.41) is 10.4. The van der Waals surface area contributed by atoms with Crippen molar-refractivity contribution in [3.05, 3.63) is 0 Å². The molecule has 0 aliphatic heterocycles. The first-order chi connectivity index (χ1) is 8.16. The number of thioether (sulfide) groups is 1. The molecule has 17 heavy (non-hydrogen) atoms. The highest BCUT2D eigenvalue weighted by atomic mass is 32.2. The minimum absolute atomic E-state index is 0.0810. The first-order valence-electron chi connectivity index (χ1n) is 7.46. The lowest BCUT2D eigenvalue weighted by Gasteiger charge is -2.11. The summed E-state index contributed by atoms with van der Waals surface area (Å²) in [7, 11) is 0. The third kappa shape index (κ3) is 14.2. The lowest BCUT2D eigenvalue weighted by Crippen LogP contribution is -2.11. The van der Waals surface area contributed by atoms with Crippen molar-refractivity contribution in [2.45, 2.75) is 89.9 Å². The predicted octanol–water partition coefficient (Wildman–Crippen LogP) is 5.02. The van der Waals surface area contributed by atoms with Crippen LogP contribution in [0.2, 0.25) is 0 Å². The molecule has 0 aliphatic carbocycles. The normalized spacial score (nSPS) is 13.2. The van der Waals surface area contributed by atoms with E-state index in [1.165, 1.54) is 51.4 Å². The summed E-state index contributed by atoms with van der Waals surface area (Å²) in [6, 6.07) is 0. The lowest BCUT2D eigenvalue weighted by molar-refractivity contribution is 0.184. The molecule has 0 amide bonds. The zero-order valence-electron chi connectivity index (χ0n) is 12.1. The van der Waals surface area contributed by atoms with Gasteiger partial charge in [0.25, 0.3) is 0 Å². The molecule has 0 aromatic carbocycles. The molecule has 0 rings (SSSR count). The molecule has 0 fully saturated rings. The van der Waals surface area contributed by atoms with E-state index in [2.05, 4.69) is 20.8 Å². The molecule has 104 valence electrons. The van der Waals surface area contributed by atoms with Gasteiger partial charge in [-0.25, -0.2) is 0 Å². The Bertz CT molecular complexity index is 148. The highest BCUT2D eigenvalue weighted by Crippen LogP contribution is 2.15. The summed E-state index contributed by atoms with van der Waals surface area (Å²) in [4.78, 5) is 0. The van der Waals surface area contributed by atoms with Gasteiger partial charge in [-0.2, -0.15) is 11.8 Å². The second kappa shape index (κ2) is 12.8. The van der Waals surface area contributed by atoms with Gasteiger partial charge in [-0.1, -0.05) is 72.1 Å². The molecule has 0 heterocycles. The van der Waals surface area contributed by atoms with E-state index in [1.54, 1.807) is 0 Å². The maximum atomic E-state index is 9.75. The Kier molecular flexibility index (Phi) is 13.0. The van der Waals surface area contributed by atoms with Crippen LogP contribution in [0.4, 0.5) is 0 Å². The number of hydrogen-bond acceptors (Lipinski definition) is 2. The SMILES string of the molecule is CCCCCCCCCCC(O)CSC(C)C. The summed E-state index contributed by atoms with van der Waals surface area (Å²) in [5.41, 5.74) is 0. The fraction of sp³-hybridized carbons (Fsp3) is 1.00. The van der Waals surface area contributed by atoms with Gasteiger partial charge >= 0.3 is 0 Å². The fourth-order valence-corrected chi connectivity index (χ4v) is 2.67. The van der Waals surface area contributed by atoms with E-state index in [4.69, 9.17) is 0 Å². The van der Waals surface area contributed by atoms with E-state index in [-0.39, 0.29) is 6.10 Å². The van der Waals surface area contributed by atoms with Gasteiger partial charge in [-0.3, -0.25) is 0 Å². The minimum atomic E-state index is -0.0810. The van der Waals surface area contributed by atoms with Crippen molar-refractivity contribution in [2.75, 3.05) is 5.75 Å². The molecule has 1 N–H and O–H groups in total. The fourth-order valence-electron chi connectivity index (χ4n) is 1.90. The van der Waals surface area contributed by atoms with Crippen molar-refractivity contribution in [3.8, 4) is 0 Å². The van der Waals surface area contributed by atoms with Gasteiger partial charge in [0.15, 0.2) is 0 Å². The van der Waals surface area contributed by atoms with Crippen LogP contribution >= 0.6 is 11.8 Å². The second-order valence-corrected chi connectivity index (χ2v) is 6.91. The van der Waals surface area contributed by atoms with Crippen LogP contribution in [0.25, 0.3) is 0 Å². The van der Waals surface area contributed by atoms with Crippen LogP contribution < -0.4 is 0 Å². The van der Waals surface area contributed by atoms with Crippen LogP contribution in [0, 0.1) is 0 Å². The van der Waals surface area contributed by atoms with E-state index in [9.17, 15) is 5.11 Å². The Balaban J connectivity index is 3.11. The predicted molar refractivity (Wildman–Crippen MR) is 80.8 cm³/mol. The van der Waals surface area contributed by atoms with Crippen LogP contribution in [0.1, 0.15) is 78.6 Å². The van der Waals surface area contributed by atoms with Gasteiger partial charge in [-0.15, -0.1) is 0 Å². The molecule has 0 aromatic heterocycles. The summed E-state index contributed by atoms with van der Waals surface area (Å²) < 4.78 is 0. The van der Waals surface area contributed by atoms with Crippen molar-refractivity contribution in [1.29, 1.82) is 0 Å². The van der Waals surface area contributed by atoms with E-state index in [1.807, 2.05) is 11.8 Å². The first-order valence-corrected chi connectivity index (χ1v) is 8.51. The monoisotopic (exact) mass is 260 g/mol. The number of rotatable bonds is 12. The van der Waals surface area contributed by atoms with E-state index in [0.29, 0.717) is 5.25 Å². The van der Waals surface area contributed by atoms with Gasteiger partial charge in [0.2, 0.25) is 0 Å². The van der Waals surface area contributed by atoms with Crippen molar-refractivity contribution in [1.82, 2.24) is 0 Å². The maximum Gasteiger partial charge on any atom is 0.0630 e. The van der Waals surface area contributed by atoms with Crippen LogP contribution in [0.15, 0.2) is 0 Å². The van der Waals surface area contributed by atoms with Crippen molar-refractivity contribution in [2.24, 2.45) is 0 Å². The first kappa shape index (κ1) is 17.3. The summed E-state index contributed by atoms with van der Waals surface area (Å²) in [6.07, 6.45) is 11.7. The lowest BCUT2D eigenvalue weighted by atomic mass is 10.1. The Hall–Kier alpha value is 0.310. The maximum absolute atomic E-state index is 9.75. The molecule has 1 nitrogen and oxygen atoms in total. The second-order valence-electron chi connectivity index (χ2n) is 5.30. The topological polar surface area (TPSA) is 20.2 Å². The molecule has 2 heteroatoms. The number of unbranched alkanes of at least 4 members (excludes halogenated alkanes) is 7. The Labute approximate surface area is 113 Å². The standard InChI is InChI=1S/C15H32OS/c1-4-5-6-7-8-9-10-11-12-15(16)13-17-14(2)3/h14-16H,4-13H2,1-3H3. The molecule has 0 aromatic rings. The average Bonchev–Trinajstić information content (AvgIpc) is 2.30. The van der Waals surface area contributed by atoms with Crippen LogP contribution in [0.5, 0.6) is 0 Å². The summed E-state index contributed by atoms with van der Waals surface area (Å²) >= 11 is 1.87. The average molecular weight is 260 g/mol. The quantitative estimate of drug-likeness (QED) is 0.497. The summed E-state index contributed by atoms with van der Waals surface area (Å²) in [5.74, 6) is 0.911.